The molecule has 8 nitrogen and oxygen atoms in total. The normalized spacial score (nSPS) is 17.5. The van der Waals surface area contributed by atoms with E-state index in [0.717, 1.165) is 67.2 Å². The van der Waals surface area contributed by atoms with Gasteiger partial charge in [-0.2, -0.15) is 0 Å². The van der Waals surface area contributed by atoms with Gasteiger partial charge < -0.3 is 18.6 Å². The fraction of sp³-hybridized carbons (Fsp3) is 0.545. The van der Waals surface area contributed by atoms with Gasteiger partial charge in [0.25, 0.3) is 0 Å². The summed E-state index contributed by atoms with van der Waals surface area (Å²) in [6.07, 6.45) is 0.783. The maximum Gasteiger partial charge on any atom is 0.336 e. The number of fused-ring (bicyclic) bond motifs is 3. The average Bonchev–Trinajstić information content (AvgIpc) is 2.76. The summed E-state index contributed by atoms with van der Waals surface area (Å²) in [7, 11) is 1.39. The van der Waals surface area contributed by atoms with Crippen molar-refractivity contribution in [2.24, 2.45) is 0 Å². The first-order chi connectivity index (χ1) is 14.5. The molecule has 0 radical (unpaired) electrons. The predicted molar refractivity (Wildman–Crippen MR) is 111 cm³/mol. The Hall–Kier alpha value is -2.42. The van der Waals surface area contributed by atoms with Gasteiger partial charge in [0.05, 0.1) is 25.9 Å². The zero-order valence-electron chi connectivity index (χ0n) is 17.6. The minimum Gasteiger partial charge on any atom is -0.477 e. The number of carbonyl (C=O) groups is 1. The highest BCUT2D eigenvalue weighted by molar-refractivity contribution is 5.86. The van der Waals surface area contributed by atoms with Crippen molar-refractivity contribution in [2.45, 2.75) is 26.3 Å². The molecule has 162 valence electrons. The molecule has 30 heavy (non-hydrogen) atoms. The van der Waals surface area contributed by atoms with Crippen LogP contribution in [-0.4, -0.2) is 69.0 Å². The van der Waals surface area contributed by atoms with E-state index in [-0.39, 0.29) is 18.0 Å². The molecular weight excluding hydrogens is 388 g/mol. The summed E-state index contributed by atoms with van der Waals surface area (Å²) in [6.45, 7) is 8.22. The number of nitrogens with zero attached hydrogens (tertiary/aromatic N) is 2. The van der Waals surface area contributed by atoms with Crippen LogP contribution in [0.5, 0.6) is 5.75 Å². The Bertz CT molecular complexity index is 980. The molecule has 0 atom stereocenters. The highest BCUT2D eigenvalue weighted by Crippen LogP contribution is 2.37. The Balaban J connectivity index is 1.61. The van der Waals surface area contributed by atoms with Crippen LogP contribution in [0.1, 0.15) is 23.1 Å². The summed E-state index contributed by atoms with van der Waals surface area (Å²) in [4.78, 5) is 28.3. The van der Waals surface area contributed by atoms with E-state index in [0.29, 0.717) is 25.3 Å². The third kappa shape index (κ3) is 4.50. The first kappa shape index (κ1) is 20.8. The number of morpholine rings is 1. The number of ether oxygens (including phenoxy) is 3. The lowest BCUT2D eigenvalue weighted by molar-refractivity contribution is -0.140. The van der Waals surface area contributed by atoms with Crippen molar-refractivity contribution < 1.29 is 23.4 Å². The predicted octanol–water partition coefficient (Wildman–Crippen LogP) is 1.69. The smallest absolute Gasteiger partial charge is 0.336 e. The Kier molecular flexibility index (Phi) is 6.36. The molecule has 2 aliphatic rings. The van der Waals surface area contributed by atoms with Crippen LogP contribution in [0.4, 0.5) is 0 Å². The van der Waals surface area contributed by atoms with Crippen molar-refractivity contribution in [2.75, 3.05) is 53.2 Å². The summed E-state index contributed by atoms with van der Waals surface area (Å²) >= 11 is 0. The molecule has 0 amide bonds. The molecule has 0 unspecified atom stereocenters. The highest BCUT2D eigenvalue weighted by atomic mass is 16.5. The fourth-order valence-corrected chi connectivity index (χ4v) is 4.08. The minimum absolute atomic E-state index is 0.261. The zero-order valence-corrected chi connectivity index (χ0v) is 17.6. The molecule has 0 saturated carbocycles. The summed E-state index contributed by atoms with van der Waals surface area (Å²) in [5.74, 6) is 0.464. The van der Waals surface area contributed by atoms with Gasteiger partial charge in [-0.25, -0.2) is 4.79 Å². The van der Waals surface area contributed by atoms with Crippen LogP contribution in [0, 0.1) is 6.92 Å². The second-order valence-electron chi connectivity index (χ2n) is 7.82. The fourth-order valence-electron chi connectivity index (χ4n) is 4.08. The van der Waals surface area contributed by atoms with Gasteiger partial charge in [0.2, 0.25) is 0 Å². The molecule has 8 heteroatoms. The number of carbonyl (C=O) groups excluding carboxylic acids is 1. The SMILES string of the molecule is COC(=O)CCc1cc2c(C)cc(=O)oc2c2c1OCN(CCN1CCOCC1)C2. The summed E-state index contributed by atoms with van der Waals surface area (Å²) in [5.41, 5.74) is 2.88. The van der Waals surface area contributed by atoms with Crippen molar-refractivity contribution in [3.05, 3.63) is 39.2 Å². The lowest BCUT2D eigenvalue weighted by Crippen LogP contribution is -2.43. The van der Waals surface area contributed by atoms with E-state index in [1.165, 1.54) is 13.2 Å². The number of aryl methyl sites for hydroxylation is 2. The summed E-state index contributed by atoms with van der Waals surface area (Å²) in [5, 5.41) is 0.881. The van der Waals surface area contributed by atoms with Gasteiger partial charge >= 0.3 is 11.6 Å². The van der Waals surface area contributed by atoms with Crippen LogP contribution < -0.4 is 10.4 Å². The zero-order chi connectivity index (χ0) is 21.1. The van der Waals surface area contributed by atoms with Gasteiger partial charge in [-0.15, -0.1) is 0 Å². The van der Waals surface area contributed by atoms with E-state index >= 15 is 0 Å². The maximum absolute atomic E-state index is 12.0. The Labute approximate surface area is 175 Å². The van der Waals surface area contributed by atoms with Crippen LogP contribution >= 0.6 is 0 Å². The molecule has 0 aliphatic carbocycles. The average molecular weight is 416 g/mol. The Morgan fingerprint density at radius 1 is 1.17 bits per heavy atom. The van der Waals surface area contributed by atoms with Gasteiger partial charge in [0.1, 0.15) is 18.1 Å². The first-order valence-electron chi connectivity index (χ1n) is 10.4. The Morgan fingerprint density at radius 3 is 2.70 bits per heavy atom. The minimum atomic E-state index is -0.366. The number of benzene rings is 1. The third-order valence-corrected chi connectivity index (χ3v) is 5.80. The molecule has 0 bridgehead atoms. The van der Waals surface area contributed by atoms with Crippen LogP contribution in [0.15, 0.2) is 21.3 Å². The monoisotopic (exact) mass is 416 g/mol. The topological polar surface area (TPSA) is 81.5 Å². The van der Waals surface area contributed by atoms with Gasteiger partial charge in [0, 0.05) is 50.6 Å². The number of hydrogen-bond acceptors (Lipinski definition) is 8. The Morgan fingerprint density at radius 2 is 1.93 bits per heavy atom. The van der Waals surface area contributed by atoms with E-state index in [1.54, 1.807) is 0 Å². The van der Waals surface area contributed by atoms with E-state index in [4.69, 9.17) is 18.6 Å². The molecule has 1 fully saturated rings. The molecule has 0 N–H and O–H groups in total. The standard InChI is InChI=1S/C22H28N2O6/c1-15-11-20(26)30-22-17(15)12-16(3-4-19(25)27-2)21-18(22)13-24(14-29-21)6-5-23-7-9-28-10-8-23/h11-12H,3-10,13-14H2,1-2H3. The summed E-state index contributed by atoms with van der Waals surface area (Å²) < 4.78 is 21.9. The number of methoxy groups -OCH3 is 1. The van der Waals surface area contributed by atoms with Crippen LogP contribution in [-0.2, 0) is 27.2 Å². The van der Waals surface area contributed by atoms with Crippen LogP contribution in [0.2, 0.25) is 0 Å². The third-order valence-electron chi connectivity index (χ3n) is 5.80. The quantitative estimate of drug-likeness (QED) is 0.520. The number of rotatable bonds is 6. The van der Waals surface area contributed by atoms with Gasteiger partial charge in [-0.3, -0.25) is 14.6 Å². The molecule has 2 aliphatic heterocycles. The molecule has 1 aromatic carbocycles. The molecule has 3 heterocycles. The molecule has 4 rings (SSSR count). The van der Waals surface area contributed by atoms with E-state index in [2.05, 4.69) is 9.80 Å². The van der Waals surface area contributed by atoms with Gasteiger partial charge in [0.15, 0.2) is 0 Å². The molecular formula is C22H28N2O6. The molecule has 0 spiro atoms. The number of esters is 1. The van der Waals surface area contributed by atoms with Gasteiger partial charge in [-0.1, -0.05) is 0 Å². The maximum atomic E-state index is 12.0. The number of hydrogen-bond donors (Lipinski definition) is 0. The van der Waals surface area contributed by atoms with Gasteiger partial charge in [-0.05, 0) is 30.5 Å². The second-order valence-corrected chi connectivity index (χ2v) is 7.82. The molecule has 2 aromatic rings. The molecule has 1 saturated heterocycles. The lowest BCUT2D eigenvalue weighted by Gasteiger charge is -2.33. The van der Waals surface area contributed by atoms with Crippen molar-refractivity contribution in [3.63, 3.8) is 0 Å². The van der Waals surface area contributed by atoms with Crippen molar-refractivity contribution in [1.82, 2.24) is 9.80 Å². The van der Waals surface area contributed by atoms with E-state index < -0.39 is 0 Å². The van der Waals surface area contributed by atoms with E-state index in [1.807, 2.05) is 13.0 Å². The largest absolute Gasteiger partial charge is 0.477 e. The van der Waals surface area contributed by atoms with Crippen molar-refractivity contribution >= 4 is 16.9 Å². The van der Waals surface area contributed by atoms with Crippen LogP contribution in [0.25, 0.3) is 11.0 Å². The lowest BCUT2D eigenvalue weighted by atomic mass is 9.97. The first-order valence-corrected chi connectivity index (χ1v) is 10.4. The molecule has 1 aromatic heterocycles. The summed E-state index contributed by atoms with van der Waals surface area (Å²) in [6, 6.07) is 3.47. The van der Waals surface area contributed by atoms with E-state index in [9.17, 15) is 9.59 Å². The highest BCUT2D eigenvalue weighted by Gasteiger charge is 2.26. The van der Waals surface area contributed by atoms with Crippen molar-refractivity contribution in [1.29, 1.82) is 0 Å². The second kappa shape index (κ2) is 9.16. The van der Waals surface area contributed by atoms with Crippen LogP contribution in [0.3, 0.4) is 0 Å². The van der Waals surface area contributed by atoms with Crippen molar-refractivity contribution in [3.8, 4) is 5.75 Å².